The van der Waals surface area contributed by atoms with Crippen molar-refractivity contribution in [2.24, 2.45) is 0 Å². The van der Waals surface area contributed by atoms with Crippen LogP contribution in [0.1, 0.15) is 38.4 Å². The summed E-state index contributed by atoms with van der Waals surface area (Å²) in [6, 6.07) is 5.28. The number of carbonyl (C=O) groups is 2. The van der Waals surface area contributed by atoms with Gasteiger partial charge >= 0.3 is 12.1 Å². The zero-order valence-corrected chi connectivity index (χ0v) is 18.3. The average molecular weight is 490 g/mol. The van der Waals surface area contributed by atoms with Crippen LogP contribution in [0.2, 0.25) is 0 Å². The zero-order valence-electron chi connectivity index (χ0n) is 18.3. The van der Waals surface area contributed by atoms with E-state index >= 15 is 0 Å². The lowest BCUT2D eigenvalue weighted by molar-refractivity contribution is -0.115. The van der Waals surface area contributed by atoms with Gasteiger partial charge in [0.15, 0.2) is 0 Å². The van der Waals surface area contributed by atoms with Gasteiger partial charge in [-0.15, -0.1) is 0 Å². The number of carboxylic acid groups (broad SMARTS) is 1. The number of alkyl halides is 3. The van der Waals surface area contributed by atoms with Crippen molar-refractivity contribution in [2.45, 2.75) is 12.6 Å². The number of aromatic nitrogens is 1. The first-order chi connectivity index (χ1) is 16.6. The summed E-state index contributed by atoms with van der Waals surface area (Å²) in [5.41, 5.74) is 0.00755. The minimum absolute atomic E-state index is 0.00609. The van der Waals surface area contributed by atoms with Crippen molar-refractivity contribution in [3.8, 4) is 0 Å². The molecule has 1 fully saturated rings. The summed E-state index contributed by atoms with van der Waals surface area (Å²) in [5.74, 6) is -1.63. The van der Waals surface area contributed by atoms with Crippen molar-refractivity contribution < 1.29 is 37.0 Å². The van der Waals surface area contributed by atoms with Gasteiger partial charge in [0.25, 0.3) is 5.91 Å². The fourth-order valence-corrected chi connectivity index (χ4v) is 3.73. The van der Waals surface area contributed by atoms with E-state index in [1.54, 1.807) is 0 Å². The second-order valence-electron chi connectivity index (χ2n) is 7.88. The lowest BCUT2D eigenvalue weighted by Gasteiger charge is -2.20. The molecule has 0 saturated carbocycles. The van der Waals surface area contributed by atoms with Crippen molar-refractivity contribution in [3.05, 3.63) is 59.1 Å². The maximum Gasteiger partial charge on any atom is 0.405 e. The summed E-state index contributed by atoms with van der Waals surface area (Å²) in [7, 11) is 0. The van der Waals surface area contributed by atoms with Crippen LogP contribution in [-0.4, -0.2) is 71.6 Å². The number of pyridine rings is 1. The van der Waals surface area contributed by atoms with Crippen molar-refractivity contribution in [3.63, 3.8) is 0 Å². The molecule has 3 N–H and O–H groups in total. The number of halogens is 3. The largest absolute Gasteiger partial charge is 0.478 e. The van der Waals surface area contributed by atoms with Gasteiger partial charge in [0.2, 0.25) is 0 Å². The van der Waals surface area contributed by atoms with E-state index in [1.165, 1.54) is 35.4 Å². The number of rotatable bonds is 6. The lowest BCUT2D eigenvalue weighted by Crippen LogP contribution is -2.34. The maximum atomic E-state index is 13.0. The average Bonchev–Trinajstić information content (AvgIpc) is 3.05. The van der Waals surface area contributed by atoms with Crippen LogP contribution >= 0.6 is 0 Å². The number of aromatic carboxylic acids is 1. The molecule has 0 radical (unpaired) electrons. The molecule has 3 heterocycles. The summed E-state index contributed by atoms with van der Waals surface area (Å²) < 4.78 is 49.7. The molecule has 0 aliphatic carbocycles. The Hall–Kier alpha value is -3.93. The van der Waals surface area contributed by atoms with Crippen LogP contribution in [0, 0.1) is 5.41 Å². The number of fused-ring (bicyclic) bond motifs is 1. The Morgan fingerprint density at radius 1 is 1.17 bits per heavy atom. The molecule has 4 rings (SSSR count). The quantitative estimate of drug-likeness (QED) is 0.449. The first-order valence-corrected chi connectivity index (χ1v) is 10.7. The highest BCUT2D eigenvalue weighted by Gasteiger charge is 2.28. The predicted octanol–water partition coefficient (Wildman–Crippen LogP) is 3.78. The summed E-state index contributed by atoms with van der Waals surface area (Å²) in [6.45, 7) is 0.220. The Bertz CT molecular complexity index is 1280. The monoisotopic (exact) mass is 490 g/mol. The number of nitrogens with one attached hydrogen (secondary N) is 2. The van der Waals surface area contributed by atoms with E-state index in [0.29, 0.717) is 43.7 Å². The van der Waals surface area contributed by atoms with Crippen LogP contribution in [0.25, 0.3) is 11.0 Å². The van der Waals surface area contributed by atoms with Gasteiger partial charge in [0.05, 0.1) is 17.9 Å². The fraction of sp³-hybridized carbons (Fsp3) is 0.304. The third-order valence-corrected chi connectivity index (χ3v) is 5.47. The zero-order chi connectivity index (χ0) is 25.2. The Morgan fingerprint density at radius 3 is 2.71 bits per heavy atom. The highest BCUT2D eigenvalue weighted by molar-refractivity contribution is 6.20. The van der Waals surface area contributed by atoms with E-state index in [-0.39, 0.29) is 33.8 Å². The minimum atomic E-state index is -4.55. The van der Waals surface area contributed by atoms with E-state index in [1.807, 2.05) is 0 Å². The SMILES string of the molecule is N=C(c1cnc(C(=O)N2CCCOCC2)cc1NCC(F)(F)F)c1coc2ccc(C(=O)O)cc12. The number of hydrogen-bond acceptors (Lipinski definition) is 7. The Balaban J connectivity index is 1.72. The van der Waals surface area contributed by atoms with Gasteiger partial charge in [-0.05, 0) is 30.7 Å². The second-order valence-corrected chi connectivity index (χ2v) is 7.88. The van der Waals surface area contributed by atoms with Gasteiger partial charge < -0.3 is 24.5 Å². The van der Waals surface area contributed by atoms with Gasteiger partial charge in [0.1, 0.15) is 24.1 Å². The highest BCUT2D eigenvalue weighted by Crippen LogP contribution is 2.28. The number of hydrogen-bond donors (Lipinski definition) is 3. The van der Waals surface area contributed by atoms with Crippen molar-refractivity contribution in [2.75, 3.05) is 38.2 Å². The summed E-state index contributed by atoms with van der Waals surface area (Å²) in [5, 5.41) is 20.5. The second kappa shape index (κ2) is 9.74. The number of nitrogens with zero attached hydrogens (tertiary/aromatic N) is 2. The van der Waals surface area contributed by atoms with Crippen LogP contribution in [0.15, 0.2) is 41.1 Å². The molecule has 1 aromatic carbocycles. The Labute approximate surface area is 197 Å². The number of benzene rings is 1. The van der Waals surface area contributed by atoms with E-state index < -0.39 is 24.6 Å². The van der Waals surface area contributed by atoms with Crippen LogP contribution in [0.4, 0.5) is 18.9 Å². The number of carboxylic acids is 1. The van der Waals surface area contributed by atoms with Crippen molar-refractivity contribution in [1.82, 2.24) is 9.88 Å². The molecule has 1 aliphatic rings. The number of furan rings is 1. The number of ether oxygens (including phenoxy) is 1. The fourth-order valence-electron chi connectivity index (χ4n) is 3.73. The van der Waals surface area contributed by atoms with Crippen LogP contribution in [-0.2, 0) is 4.74 Å². The lowest BCUT2D eigenvalue weighted by atomic mass is 10.00. The van der Waals surface area contributed by atoms with Gasteiger partial charge in [-0.2, -0.15) is 13.2 Å². The number of anilines is 1. The summed E-state index contributed by atoms with van der Waals surface area (Å²) >= 11 is 0. The van der Waals surface area contributed by atoms with Gasteiger partial charge in [-0.1, -0.05) is 0 Å². The van der Waals surface area contributed by atoms with Gasteiger partial charge in [-0.25, -0.2) is 4.79 Å². The van der Waals surface area contributed by atoms with Crippen LogP contribution in [0.5, 0.6) is 0 Å². The van der Waals surface area contributed by atoms with Gasteiger partial charge in [0, 0.05) is 48.1 Å². The molecule has 35 heavy (non-hydrogen) atoms. The summed E-state index contributed by atoms with van der Waals surface area (Å²) in [6.07, 6.45) is -1.54. The predicted molar refractivity (Wildman–Crippen MR) is 119 cm³/mol. The molecule has 1 amide bonds. The van der Waals surface area contributed by atoms with Crippen LogP contribution in [0.3, 0.4) is 0 Å². The van der Waals surface area contributed by atoms with E-state index in [9.17, 15) is 27.9 Å². The molecule has 0 spiro atoms. The molecule has 1 aliphatic heterocycles. The van der Waals surface area contributed by atoms with E-state index in [4.69, 9.17) is 14.6 Å². The molecule has 12 heteroatoms. The third-order valence-electron chi connectivity index (χ3n) is 5.47. The van der Waals surface area contributed by atoms with Crippen LogP contribution < -0.4 is 5.32 Å². The minimum Gasteiger partial charge on any atom is -0.478 e. The number of carbonyl (C=O) groups excluding carboxylic acids is 1. The molecule has 2 aromatic heterocycles. The summed E-state index contributed by atoms with van der Waals surface area (Å²) in [4.78, 5) is 29.9. The standard InChI is InChI=1S/C23H21F3N4O5/c24-23(25,26)12-29-17-9-18(21(31)30-4-1-6-34-7-5-30)28-10-15(17)20(27)16-11-35-19-3-2-13(22(32)33)8-14(16)19/h2-3,8-11,27H,1,4-7,12H2,(H,28,29)(H,32,33). The molecule has 9 nitrogen and oxygen atoms in total. The molecule has 184 valence electrons. The molecular formula is C23H21F3N4O5. The normalized spacial score (nSPS) is 14.5. The molecule has 0 unspecified atom stereocenters. The molecule has 0 bridgehead atoms. The third kappa shape index (κ3) is 5.43. The highest BCUT2D eigenvalue weighted by atomic mass is 19.4. The first kappa shape index (κ1) is 24.2. The first-order valence-electron chi connectivity index (χ1n) is 10.7. The van der Waals surface area contributed by atoms with E-state index in [0.717, 1.165) is 6.20 Å². The molecule has 0 atom stereocenters. The van der Waals surface area contributed by atoms with Gasteiger partial charge in [-0.3, -0.25) is 15.2 Å². The topological polar surface area (TPSA) is 129 Å². The molecular weight excluding hydrogens is 469 g/mol. The maximum absolute atomic E-state index is 13.0. The van der Waals surface area contributed by atoms with Crippen molar-refractivity contribution in [1.29, 1.82) is 5.41 Å². The smallest absolute Gasteiger partial charge is 0.405 e. The Kier molecular flexibility index (Phi) is 6.74. The Morgan fingerprint density at radius 2 is 1.97 bits per heavy atom. The number of amides is 1. The molecule has 1 saturated heterocycles. The molecule has 3 aromatic rings. The van der Waals surface area contributed by atoms with E-state index in [2.05, 4.69) is 10.3 Å². The van der Waals surface area contributed by atoms with Crippen molar-refractivity contribution >= 4 is 34.2 Å².